The molecule has 41 heavy (non-hydrogen) atoms. The smallest absolute Gasteiger partial charge is 0.322 e. The topological polar surface area (TPSA) is 133 Å². The minimum absolute atomic E-state index is 0.0665. The summed E-state index contributed by atoms with van der Waals surface area (Å²) in [6, 6.07) is 12.4. The molecule has 0 fully saturated rings. The van der Waals surface area contributed by atoms with Crippen LogP contribution in [0.3, 0.4) is 0 Å². The van der Waals surface area contributed by atoms with Gasteiger partial charge in [0.15, 0.2) is 0 Å². The number of aromatic nitrogens is 2. The molecule has 2 N–H and O–H groups in total. The van der Waals surface area contributed by atoms with E-state index >= 15 is 0 Å². The SMILES string of the molecule is Cc1ccc(S(=O)(=O)N(CC(C)C)[C@@H](CCCCNC(=O)N(Cc2ccncc2)Cc2ccncc2)C(=O)O)cc1. The molecule has 0 aliphatic heterocycles. The predicted octanol–water partition coefficient (Wildman–Crippen LogP) is 4.47. The monoisotopic (exact) mass is 581 g/mol. The lowest BCUT2D eigenvalue weighted by molar-refractivity contribution is -0.141. The second-order valence-corrected chi connectivity index (χ2v) is 12.3. The minimum Gasteiger partial charge on any atom is -0.480 e. The molecule has 1 aromatic carbocycles. The number of carbonyl (C=O) groups excluding carboxylic acids is 1. The highest BCUT2D eigenvalue weighted by molar-refractivity contribution is 7.89. The molecule has 0 aliphatic carbocycles. The number of sulfonamides is 1. The minimum atomic E-state index is -4.02. The number of rotatable bonds is 15. The van der Waals surface area contributed by atoms with Gasteiger partial charge in [0.25, 0.3) is 0 Å². The van der Waals surface area contributed by atoms with E-state index in [1.807, 2.05) is 45.0 Å². The zero-order valence-electron chi connectivity index (χ0n) is 23.8. The van der Waals surface area contributed by atoms with Gasteiger partial charge in [0.05, 0.1) is 4.90 Å². The van der Waals surface area contributed by atoms with E-state index in [-0.39, 0.29) is 29.8 Å². The zero-order valence-corrected chi connectivity index (χ0v) is 24.6. The molecule has 3 aromatic rings. The maximum absolute atomic E-state index is 13.5. The molecule has 0 unspecified atom stereocenters. The second-order valence-electron chi connectivity index (χ2n) is 10.4. The lowest BCUT2D eigenvalue weighted by atomic mass is 10.1. The predicted molar refractivity (Wildman–Crippen MR) is 156 cm³/mol. The van der Waals surface area contributed by atoms with Crippen LogP contribution in [-0.4, -0.2) is 63.8 Å². The van der Waals surface area contributed by atoms with Crippen LogP contribution < -0.4 is 5.32 Å². The average molecular weight is 582 g/mol. The van der Waals surface area contributed by atoms with Crippen LogP contribution in [0.25, 0.3) is 0 Å². The van der Waals surface area contributed by atoms with Gasteiger partial charge in [0.1, 0.15) is 6.04 Å². The van der Waals surface area contributed by atoms with Gasteiger partial charge in [0, 0.05) is 51.0 Å². The van der Waals surface area contributed by atoms with Crippen molar-refractivity contribution in [1.82, 2.24) is 24.5 Å². The highest BCUT2D eigenvalue weighted by Gasteiger charge is 2.36. The molecule has 1 atom stereocenters. The summed E-state index contributed by atoms with van der Waals surface area (Å²) in [7, 11) is -4.02. The molecule has 10 nitrogen and oxygen atoms in total. The van der Waals surface area contributed by atoms with Crippen molar-refractivity contribution < 1.29 is 23.1 Å². The molecule has 2 heterocycles. The number of carboxylic acid groups (broad SMARTS) is 1. The first-order valence-corrected chi connectivity index (χ1v) is 15.1. The van der Waals surface area contributed by atoms with Crippen molar-refractivity contribution in [1.29, 1.82) is 0 Å². The molecule has 0 radical (unpaired) electrons. The van der Waals surface area contributed by atoms with E-state index in [9.17, 15) is 23.1 Å². The third kappa shape index (κ3) is 9.65. The van der Waals surface area contributed by atoms with E-state index in [0.29, 0.717) is 32.5 Å². The molecule has 0 saturated heterocycles. The maximum Gasteiger partial charge on any atom is 0.322 e. The van der Waals surface area contributed by atoms with Gasteiger partial charge in [0.2, 0.25) is 10.0 Å². The van der Waals surface area contributed by atoms with E-state index in [2.05, 4.69) is 15.3 Å². The first-order valence-electron chi connectivity index (χ1n) is 13.7. The lowest BCUT2D eigenvalue weighted by Crippen LogP contribution is -2.46. The van der Waals surface area contributed by atoms with Crippen LogP contribution in [0.1, 0.15) is 49.8 Å². The Hall–Kier alpha value is -3.83. The van der Waals surface area contributed by atoms with Crippen molar-refractivity contribution in [3.05, 3.63) is 90.0 Å². The van der Waals surface area contributed by atoms with Crippen molar-refractivity contribution in [2.24, 2.45) is 5.92 Å². The number of amides is 2. The molecule has 0 aliphatic rings. The normalized spacial score (nSPS) is 12.3. The first kappa shape index (κ1) is 31.7. The fourth-order valence-corrected chi connectivity index (χ4v) is 6.15. The van der Waals surface area contributed by atoms with Gasteiger partial charge in [-0.25, -0.2) is 13.2 Å². The molecule has 11 heteroatoms. The number of hydrogen-bond donors (Lipinski definition) is 2. The van der Waals surface area contributed by atoms with Crippen LogP contribution in [0.2, 0.25) is 0 Å². The Morgan fingerprint density at radius 1 is 0.878 bits per heavy atom. The molecular formula is C30H39N5O5S. The Bertz CT molecular complexity index is 1310. The van der Waals surface area contributed by atoms with E-state index in [4.69, 9.17) is 0 Å². The second kappa shape index (κ2) is 15.2. The van der Waals surface area contributed by atoms with Crippen molar-refractivity contribution in [3.8, 4) is 0 Å². The van der Waals surface area contributed by atoms with Crippen molar-refractivity contribution in [2.45, 2.75) is 64.1 Å². The first-order chi connectivity index (χ1) is 19.6. The summed E-state index contributed by atoms with van der Waals surface area (Å²) in [5.41, 5.74) is 2.79. The summed E-state index contributed by atoms with van der Waals surface area (Å²) in [6.07, 6.45) is 7.76. The molecule has 0 bridgehead atoms. The van der Waals surface area contributed by atoms with E-state index in [1.54, 1.807) is 41.8 Å². The molecule has 2 aromatic heterocycles. The highest BCUT2D eigenvalue weighted by Crippen LogP contribution is 2.23. The van der Waals surface area contributed by atoms with Gasteiger partial charge in [-0.1, -0.05) is 31.5 Å². The van der Waals surface area contributed by atoms with Crippen molar-refractivity contribution in [2.75, 3.05) is 13.1 Å². The van der Waals surface area contributed by atoms with E-state index < -0.39 is 22.0 Å². The lowest BCUT2D eigenvalue weighted by Gasteiger charge is -2.29. The Kier molecular flexibility index (Phi) is 11.8. The van der Waals surface area contributed by atoms with Crippen LogP contribution >= 0.6 is 0 Å². The Labute approximate surface area is 242 Å². The van der Waals surface area contributed by atoms with Crippen LogP contribution in [0.15, 0.2) is 78.2 Å². The average Bonchev–Trinajstić information content (AvgIpc) is 2.94. The third-order valence-electron chi connectivity index (χ3n) is 6.52. The number of carboxylic acids is 1. The highest BCUT2D eigenvalue weighted by atomic mass is 32.2. The van der Waals surface area contributed by atoms with Gasteiger partial charge in [-0.05, 0) is 79.6 Å². The van der Waals surface area contributed by atoms with Gasteiger partial charge >= 0.3 is 12.0 Å². The van der Waals surface area contributed by atoms with Crippen LogP contribution in [0.4, 0.5) is 4.79 Å². The number of nitrogens with zero attached hydrogens (tertiary/aromatic N) is 4. The standard InChI is InChI=1S/C30H39N5O5S/c1-23(2)20-35(41(39,40)27-9-7-24(3)8-10-27)28(29(36)37)6-4-5-15-33-30(38)34(21-25-11-16-31-17-12-25)22-26-13-18-32-19-14-26/h7-14,16-19,23,28H,4-6,15,20-22H2,1-3H3,(H,33,38)(H,36,37)/t28-/m0/s1. The number of pyridine rings is 2. The van der Waals surface area contributed by atoms with Crippen molar-refractivity contribution >= 4 is 22.0 Å². The molecule has 0 saturated carbocycles. The molecule has 220 valence electrons. The van der Waals surface area contributed by atoms with Crippen molar-refractivity contribution in [3.63, 3.8) is 0 Å². The van der Waals surface area contributed by atoms with Gasteiger partial charge in [-0.15, -0.1) is 0 Å². The van der Waals surface area contributed by atoms with Gasteiger partial charge < -0.3 is 15.3 Å². The number of nitrogens with one attached hydrogen (secondary N) is 1. The largest absolute Gasteiger partial charge is 0.480 e. The summed E-state index contributed by atoms with van der Waals surface area (Å²) in [5.74, 6) is -1.26. The fraction of sp³-hybridized carbons (Fsp3) is 0.400. The summed E-state index contributed by atoms with van der Waals surface area (Å²) in [4.78, 5) is 35.2. The number of urea groups is 1. The number of aliphatic carboxylic acids is 1. The van der Waals surface area contributed by atoms with E-state index in [0.717, 1.165) is 21.0 Å². The maximum atomic E-state index is 13.5. The number of hydrogen-bond acceptors (Lipinski definition) is 6. The molecular weight excluding hydrogens is 542 g/mol. The number of benzene rings is 1. The zero-order chi connectivity index (χ0) is 29.8. The van der Waals surface area contributed by atoms with Crippen LogP contribution in [0.5, 0.6) is 0 Å². The number of carbonyl (C=O) groups is 2. The Morgan fingerprint density at radius 3 is 1.90 bits per heavy atom. The van der Waals surface area contributed by atoms with Gasteiger partial charge in [-0.3, -0.25) is 14.8 Å². The summed E-state index contributed by atoms with van der Waals surface area (Å²) in [5, 5.41) is 12.9. The number of unbranched alkanes of at least 4 members (excludes halogenated alkanes) is 1. The van der Waals surface area contributed by atoms with Crippen LogP contribution in [0, 0.1) is 12.8 Å². The van der Waals surface area contributed by atoms with E-state index in [1.165, 1.54) is 12.1 Å². The third-order valence-corrected chi connectivity index (χ3v) is 8.41. The molecule has 0 spiro atoms. The quantitative estimate of drug-likeness (QED) is 0.253. The number of aryl methyl sites for hydroxylation is 1. The van der Waals surface area contributed by atoms with Crippen LogP contribution in [-0.2, 0) is 27.9 Å². The summed E-state index contributed by atoms with van der Waals surface area (Å²) < 4.78 is 28.0. The van der Waals surface area contributed by atoms with Gasteiger partial charge in [-0.2, -0.15) is 4.31 Å². The Balaban J connectivity index is 1.62. The summed E-state index contributed by atoms with van der Waals surface area (Å²) >= 11 is 0. The Morgan fingerprint density at radius 2 is 1.41 bits per heavy atom. The molecule has 2 amide bonds. The molecule has 3 rings (SSSR count). The fourth-order valence-electron chi connectivity index (χ4n) is 4.38. The summed E-state index contributed by atoms with van der Waals surface area (Å²) in [6.45, 7) is 6.76.